The van der Waals surface area contributed by atoms with Crippen LogP contribution in [0, 0.1) is 5.92 Å². The second kappa shape index (κ2) is 15.6. The zero-order valence-electron chi connectivity index (χ0n) is 22.8. The van der Waals surface area contributed by atoms with Crippen LogP contribution in [0.25, 0.3) is 10.9 Å². The molecule has 0 aliphatic carbocycles. The Balaban J connectivity index is 2.19. The van der Waals surface area contributed by atoms with Crippen LogP contribution in [0.1, 0.15) is 51.5 Å². The third kappa shape index (κ3) is 9.35. The molecule has 1 aromatic heterocycles. The van der Waals surface area contributed by atoms with Gasteiger partial charge in [0.15, 0.2) is 0 Å². The summed E-state index contributed by atoms with van der Waals surface area (Å²) in [4.78, 5) is 65.5. The minimum atomic E-state index is -1.59. The SMILES string of the molecule is CCC(C)C(N)C(=O)NC(CCCCN)C(=O)NC(CC(=O)O)C(=O)NC(Cc1c[nH]c2ccccc12)C(=O)O. The number of amides is 3. The first-order chi connectivity index (χ1) is 19.0. The lowest BCUT2D eigenvalue weighted by atomic mass is 9.98. The Hall–Kier alpha value is -3.97. The topological polar surface area (TPSA) is 230 Å². The highest BCUT2D eigenvalue weighted by atomic mass is 16.4. The third-order valence-electron chi connectivity index (χ3n) is 6.86. The number of hydrogen-bond acceptors (Lipinski definition) is 7. The van der Waals surface area contributed by atoms with Gasteiger partial charge in [-0.1, -0.05) is 38.5 Å². The van der Waals surface area contributed by atoms with Crippen molar-refractivity contribution in [3.63, 3.8) is 0 Å². The highest BCUT2D eigenvalue weighted by molar-refractivity contribution is 5.96. The average molecular weight is 561 g/mol. The molecule has 0 radical (unpaired) electrons. The maximum Gasteiger partial charge on any atom is 0.326 e. The van der Waals surface area contributed by atoms with Crippen LogP contribution in [0.3, 0.4) is 0 Å². The number of benzene rings is 1. The first kappa shape index (κ1) is 32.2. The molecule has 0 spiro atoms. The number of unbranched alkanes of at least 4 members (excludes halogenated alkanes) is 1. The lowest BCUT2D eigenvalue weighted by Gasteiger charge is -2.25. The first-order valence-corrected chi connectivity index (χ1v) is 13.3. The van der Waals surface area contributed by atoms with Crippen molar-refractivity contribution in [2.24, 2.45) is 17.4 Å². The maximum absolute atomic E-state index is 13.2. The predicted molar refractivity (Wildman–Crippen MR) is 148 cm³/mol. The van der Waals surface area contributed by atoms with Crippen LogP contribution >= 0.6 is 0 Å². The summed E-state index contributed by atoms with van der Waals surface area (Å²) < 4.78 is 0. The van der Waals surface area contributed by atoms with Crippen molar-refractivity contribution >= 4 is 40.6 Å². The summed E-state index contributed by atoms with van der Waals surface area (Å²) in [5.74, 6) is -5.18. The van der Waals surface area contributed by atoms with Crippen molar-refractivity contribution < 1.29 is 34.2 Å². The Bertz CT molecular complexity index is 1180. The number of H-pyrrole nitrogens is 1. The molecule has 0 aliphatic rings. The third-order valence-corrected chi connectivity index (χ3v) is 6.86. The number of aromatic nitrogens is 1. The molecular weight excluding hydrogens is 520 g/mol. The molecule has 13 heteroatoms. The molecule has 0 saturated heterocycles. The molecule has 0 bridgehead atoms. The van der Waals surface area contributed by atoms with Crippen LogP contribution < -0.4 is 27.4 Å². The minimum Gasteiger partial charge on any atom is -0.481 e. The van der Waals surface area contributed by atoms with Gasteiger partial charge >= 0.3 is 11.9 Å². The Labute approximate surface area is 232 Å². The molecule has 1 heterocycles. The number of aromatic amines is 1. The van der Waals surface area contributed by atoms with E-state index in [2.05, 4.69) is 20.9 Å². The summed E-state index contributed by atoms with van der Waals surface area (Å²) in [5, 5.41) is 27.3. The molecule has 1 aromatic carbocycles. The highest BCUT2D eigenvalue weighted by Gasteiger charge is 2.32. The summed E-state index contributed by atoms with van der Waals surface area (Å²) in [7, 11) is 0. The van der Waals surface area contributed by atoms with Gasteiger partial charge in [0.1, 0.15) is 18.1 Å². The highest BCUT2D eigenvalue weighted by Crippen LogP contribution is 2.19. The smallest absolute Gasteiger partial charge is 0.326 e. The van der Waals surface area contributed by atoms with Crippen molar-refractivity contribution in [1.82, 2.24) is 20.9 Å². The van der Waals surface area contributed by atoms with E-state index in [0.29, 0.717) is 31.4 Å². The molecule has 2 rings (SSSR count). The number of fused-ring (bicyclic) bond motifs is 1. The first-order valence-electron chi connectivity index (χ1n) is 13.3. The van der Waals surface area contributed by atoms with Gasteiger partial charge in [-0.15, -0.1) is 0 Å². The fourth-order valence-electron chi connectivity index (χ4n) is 4.19. The van der Waals surface area contributed by atoms with E-state index in [9.17, 15) is 34.2 Å². The van der Waals surface area contributed by atoms with Gasteiger partial charge < -0.3 is 42.6 Å². The van der Waals surface area contributed by atoms with E-state index in [1.807, 2.05) is 25.1 Å². The molecule has 5 unspecified atom stereocenters. The summed E-state index contributed by atoms with van der Waals surface area (Å²) in [6.45, 7) is 4.04. The molecule has 10 N–H and O–H groups in total. The zero-order chi connectivity index (χ0) is 29.8. The number of nitrogens with two attached hydrogens (primary N) is 2. The van der Waals surface area contributed by atoms with E-state index < -0.39 is 60.2 Å². The number of para-hydroxylation sites is 1. The number of rotatable bonds is 17. The molecule has 0 aliphatic heterocycles. The summed E-state index contributed by atoms with van der Waals surface area (Å²) in [6.07, 6.45) is 2.64. The van der Waals surface area contributed by atoms with Gasteiger partial charge in [-0.05, 0) is 43.4 Å². The standard InChI is InChI=1S/C27H40N6O7/c1-3-15(2)23(29)26(38)31-19(10-6-7-11-28)24(36)32-20(13-22(34)35)25(37)33-21(27(39)40)12-16-14-30-18-9-5-4-8-17(16)18/h4-5,8-9,14-15,19-21,23,30H,3,6-7,10-13,28-29H2,1-2H3,(H,31,38)(H,32,36)(H,33,37)(H,34,35)(H,39,40). The number of hydrogen-bond donors (Lipinski definition) is 8. The summed E-state index contributed by atoms with van der Waals surface area (Å²) >= 11 is 0. The summed E-state index contributed by atoms with van der Waals surface area (Å²) in [6, 6.07) is 2.30. The molecule has 0 fully saturated rings. The van der Waals surface area contributed by atoms with Crippen molar-refractivity contribution in [3.05, 3.63) is 36.0 Å². The lowest BCUT2D eigenvalue weighted by Crippen LogP contribution is -2.58. The van der Waals surface area contributed by atoms with E-state index >= 15 is 0 Å². The van der Waals surface area contributed by atoms with Gasteiger partial charge in [-0.3, -0.25) is 19.2 Å². The normalized spacial score (nSPS) is 14.9. The second-order valence-electron chi connectivity index (χ2n) is 9.88. The average Bonchev–Trinajstić information content (AvgIpc) is 3.33. The molecule has 5 atom stereocenters. The van der Waals surface area contributed by atoms with Crippen LogP contribution in [0.2, 0.25) is 0 Å². The van der Waals surface area contributed by atoms with Crippen molar-refractivity contribution in [2.75, 3.05) is 6.54 Å². The number of nitrogens with one attached hydrogen (secondary N) is 4. The van der Waals surface area contributed by atoms with Gasteiger partial charge in [0, 0.05) is 23.5 Å². The number of carboxylic acids is 2. The number of carbonyl (C=O) groups excluding carboxylic acids is 3. The number of aliphatic carboxylic acids is 2. The maximum atomic E-state index is 13.2. The fraction of sp³-hybridized carbons (Fsp3) is 0.519. The van der Waals surface area contributed by atoms with Gasteiger partial charge in [0.05, 0.1) is 12.5 Å². The summed E-state index contributed by atoms with van der Waals surface area (Å²) in [5.41, 5.74) is 13.0. The van der Waals surface area contributed by atoms with Crippen LogP contribution in [-0.2, 0) is 30.4 Å². The van der Waals surface area contributed by atoms with E-state index in [4.69, 9.17) is 11.5 Å². The number of carboxylic acid groups (broad SMARTS) is 2. The van der Waals surface area contributed by atoms with Gasteiger partial charge in [-0.25, -0.2) is 4.79 Å². The molecule has 40 heavy (non-hydrogen) atoms. The Morgan fingerprint density at radius 3 is 2.17 bits per heavy atom. The van der Waals surface area contributed by atoms with E-state index in [-0.39, 0.29) is 18.8 Å². The second-order valence-corrected chi connectivity index (χ2v) is 9.88. The Kier molecular flexibility index (Phi) is 12.6. The van der Waals surface area contributed by atoms with Gasteiger partial charge in [0.25, 0.3) is 0 Å². The van der Waals surface area contributed by atoms with E-state index in [0.717, 1.165) is 10.9 Å². The Morgan fingerprint density at radius 2 is 1.55 bits per heavy atom. The van der Waals surface area contributed by atoms with Gasteiger partial charge in [-0.2, -0.15) is 0 Å². The minimum absolute atomic E-state index is 0.0793. The van der Waals surface area contributed by atoms with Crippen LogP contribution in [-0.4, -0.2) is 75.6 Å². The quantitative estimate of drug-likeness (QED) is 0.124. The monoisotopic (exact) mass is 560 g/mol. The molecular formula is C27H40N6O7. The molecule has 2 aromatic rings. The lowest BCUT2D eigenvalue weighted by molar-refractivity contribution is -0.143. The van der Waals surface area contributed by atoms with E-state index in [1.54, 1.807) is 19.2 Å². The predicted octanol–water partition coefficient (Wildman–Crippen LogP) is 0.227. The van der Waals surface area contributed by atoms with Crippen molar-refractivity contribution in [3.8, 4) is 0 Å². The molecule has 13 nitrogen and oxygen atoms in total. The van der Waals surface area contributed by atoms with Crippen molar-refractivity contribution in [1.29, 1.82) is 0 Å². The van der Waals surface area contributed by atoms with E-state index in [1.165, 1.54) is 0 Å². The fourth-order valence-corrected chi connectivity index (χ4v) is 4.19. The van der Waals surface area contributed by atoms with Crippen molar-refractivity contribution in [2.45, 2.75) is 76.5 Å². The molecule has 3 amide bonds. The number of carbonyl (C=O) groups is 5. The van der Waals surface area contributed by atoms with Crippen LogP contribution in [0.15, 0.2) is 30.5 Å². The van der Waals surface area contributed by atoms with Crippen LogP contribution in [0.4, 0.5) is 0 Å². The van der Waals surface area contributed by atoms with Crippen LogP contribution in [0.5, 0.6) is 0 Å². The van der Waals surface area contributed by atoms with Gasteiger partial charge in [0.2, 0.25) is 17.7 Å². The Morgan fingerprint density at radius 1 is 0.925 bits per heavy atom. The molecule has 0 saturated carbocycles. The largest absolute Gasteiger partial charge is 0.481 e. The zero-order valence-corrected chi connectivity index (χ0v) is 22.8. The molecule has 220 valence electrons.